The number of carbonyl (C=O) groups excluding carboxylic acids is 1. The minimum Gasteiger partial charge on any atom is -0.337 e. The zero-order chi connectivity index (χ0) is 16.4. The third-order valence-corrected chi connectivity index (χ3v) is 4.67. The maximum atomic E-state index is 12.0. The summed E-state index contributed by atoms with van der Waals surface area (Å²) in [6.07, 6.45) is 2.24. The van der Waals surface area contributed by atoms with Gasteiger partial charge in [-0.2, -0.15) is 4.98 Å². The fourth-order valence-electron chi connectivity index (χ4n) is 2.37. The van der Waals surface area contributed by atoms with Gasteiger partial charge in [0.1, 0.15) is 0 Å². The van der Waals surface area contributed by atoms with E-state index in [1.807, 2.05) is 35.7 Å². The second-order valence-corrected chi connectivity index (χ2v) is 6.63. The van der Waals surface area contributed by atoms with Crippen LogP contribution in [-0.2, 0) is 6.54 Å². The number of hydrogen-bond acceptors (Lipinski definition) is 5. The number of anilines is 1. The summed E-state index contributed by atoms with van der Waals surface area (Å²) in [5, 5.41) is 11.5. The maximum Gasteiger partial charge on any atom is 0.319 e. The molecular weight excluding hydrogens is 324 g/mol. The minimum atomic E-state index is -0.301. The fraction of sp³-hybridized carbons (Fsp3) is 0.235. The van der Waals surface area contributed by atoms with Gasteiger partial charge >= 0.3 is 6.03 Å². The Morgan fingerprint density at radius 2 is 2.21 bits per heavy atom. The van der Waals surface area contributed by atoms with Crippen molar-refractivity contribution < 1.29 is 9.32 Å². The Morgan fingerprint density at radius 3 is 3.00 bits per heavy atom. The van der Waals surface area contributed by atoms with E-state index >= 15 is 0 Å². The molecule has 1 aliphatic carbocycles. The summed E-state index contributed by atoms with van der Waals surface area (Å²) in [6.45, 7) is 0.218. The topological polar surface area (TPSA) is 80.1 Å². The van der Waals surface area contributed by atoms with Gasteiger partial charge in [-0.25, -0.2) is 4.79 Å². The fourth-order valence-corrected chi connectivity index (χ4v) is 3.10. The quantitative estimate of drug-likeness (QED) is 0.736. The molecule has 3 aromatic rings. The number of amides is 2. The van der Waals surface area contributed by atoms with Gasteiger partial charge in [0.15, 0.2) is 5.82 Å². The van der Waals surface area contributed by atoms with Gasteiger partial charge in [0, 0.05) is 16.5 Å². The first-order chi connectivity index (χ1) is 11.8. The average Bonchev–Trinajstić information content (AvgIpc) is 3.11. The van der Waals surface area contributed by atoms with E-state index in [1.54, 1.807) is 11.3 Å². The monoisotopic (exact) mass is 340 g/mol. The van der Waals surface area contributed by atoms with Gasteiger partial charge in [0.25, 0.3) is 0 Å². The molecule has 4 rings (SSSR count). The van der Waals surface area contributed by atoms with Crippen molar-refractivity contribution in [3.63, 3.8) is 0 Å². The molecule has 0 bridgehead atoms. The van der Waals surface area contributed by atoms with Gasteiger partial charge < -0.3 is 15.2 Å². The smallest absolute Gasteiger partial charge is 0.319 e. The van der Waals surface area contributed by atoms with E-state index in [2.05, 4.69) is 26.8 Å². The number of rotatable bonds is 5. The molecule has 0 radical (unpaired) electrons. The molecule has 0 saturated heterocycles. The first-order valence-electron chi connectivity index (χ1n) is 7.79. The SMILES string of the molecule is O=C(NCc1nc(C2CC2)no1)Nc1cccc(-c2cccs2)c1. The van der Waals surface area contributed by atoms with Crippen molar-refractivity contribution >= 4 is 23.1 Å². The summed E-state index contributed by atoms with van der Waals surface area (Å²) in [5.41, 5.74) is 1.82. The van der Waals surface area contributed by atoms with Crippen molar-refractivity contribution in [1.29, 1.82) is 0 Å². The normalized spacial score (nSPS) is 13.7. The summed E-state index contributed by atoms with van der Waals surface area (Å²) < 4.78 is 5.13. The molecule has 1 fully saturated rings. The number of carbonyl (C=O) groups is 1. The standard InChI is InChI=1S/C17H16N4O2S/c22-17(18-10-15-20-16(21-23-15)11-6-7-11)19-13-4-1-3-12(9-13)14-5-2-8-24-14/h1-5,8-9,11H,6-7,10H2,(H2,18,19,22). The highest BCUT2D eigenvalue weighted by atomic mass is 32.1. The predicted octanol–water partition coefficient (Wildman–Crippen LogP) is 4.00. The molecule has 1 aliphatic rings. The molecule has 0 spiro atoms. The number of aromatic nitrogens is 2. The first-order valence-corrected chi connectivity index (χ1v) is 8.67. The molecule has 0 unspecified atom stereocenters. The van der Waals surface area contributed by atoms with Crippen LogP contribution in [0.15, 0.2) is 46.3 Å². The highest BCUT2D eigenvalue weighted by Crippen LogP contribution is 2.38. The second-order valence-electron chi connectivity index (χ2n) is 5.69. The lowest BCUT2D eigenvalue weighted by Crippen LogP contribution is -2.28. The predicted molar refractivity (Wildman–Crippen MR) is 91.9 cm³/mol. The minimum absolute atomic E-state index is 0.218. The number of nitrogens with zero attached hydrogens (tertiary/aromatic N) is 2. The van der Waals surface area contributed by atoms with Crippen LogP contribution in [0.3, 0.4) is 0 Å². The van der Waals surface area contributed by atoms with Crippen LogP contribution >= 0.6 is 11.3 Å². The van der Waals surface area contributed by atoms with E-state index in [1.165, 1.54) is 0 Å². The molecule has 6 nitrogen and oxygen atoms in total. The first kappa shape index (κ1) is 14.9. The third-order valence-electron chi connectivity index (χ3n) is 3.75. The number of urea groups is 1. The van der Waals surface area contributed by atoms with Gasteiger partial charge in [-0.3, -0.25) is 0 Å². The van der Waals surface area contributed by atoms with Gasteiger partial charge in [0.05, 0.1) is 6.54 Å². The summed E-state index contributed by atoms with van der Waals surface area (Å²) in [6, 6.07) is 11.5. The Kier molecular flexibility index (Phi) is 4.00. The molecule has 0 atom stereocenters. The van der Waals surface area contributed by atoms with Crippen molar-refractivity contribution in [2.75, 3.05) is 5.32 Å². The van der Waals surface area contributed by atoms with Crippen LogP contribution in [0.5, 0.6) is 0 Å². The average molecular weight is 340 g/mol. The Bertz CT molecular complexity index is 840. The van der Waals surface area contributed by atoms with E-state index in [0.717, 1.165) is 34.8 Å². The van der Waals surface area contributed by atoms with Crippen LogP contribution in [0.25, 0.3) is 10.4 Å². The van der Waals surface area contributed by atoms with Crippen LogP contribution in [-0.4, -0.2) is 16.2 Å². The highest BCUT2D eigenvalue weighted by Gasteiger charge is 2.28. The van der Waals surface area contributed by atoms with Gasteiger partial charge in [-0.1, -0.05) is 23.4 Å². The van der Waals surface area contributed by atoms with Crippen molar-refractivity contribution in [2.45, 2.75) is 25.3 Å². The summed E-state index contributed by atoms with van der Waals surface area (Å²) in [4.78, 5) is 17.5. The Morgan fingerprint density at radius 1 is 1.29 bits per heavy atom. The van der Waals surface area contributed by atoms with Crippen molar-refractivity contribution in [1.82, 2.24) is 15.5 Å². The van der Waals surface area contributed by atoms with Gasteiger partial charge in [0.2, 0.25) is 5.89 Å². The Balaban J connectivity index is 1.34. The highest BCUT2D eigenvalue weighted by molar-refractivity contribution is 7.13. The lowest BCUT2D eigenvalue weighted by atomic mass is 10.1. The molecule has 0 aliphatic heterocycles. The summed E-state index contributed by atoms with van der Waals surface area (Å²) in [5.74, 6) is 1.62. The Hall–Kier alpha value is -2.67. The molecule has 1 saturated carbocycles. The van der Waals surface area contributed by atoms with Crippen LogP contribution in [0.1, 0.15) is 30.5 Å². The van der Waals surface area contributed by atoms with Crippen molar-refractivity contribution in [2.24, 2.45) is 0 Å². The largest absolute Gasteiger partial charge is 0.337 e. The lowest BCUT2D eigenvalue weighted by molar-refractivity contribution is 0.249. The van der Waals surface area contributed by atoms with E-state index in [9.17, 15) is 4.79 Å². The molecule has 2 amide bonds. The number of hydrogen-bond donors (Lipinski definition) is 2. The van der Waals surface area contributed by atoms with Crippen LogP contribution in [0, 0.1) is 0 Å². The van der Waals surface area contributed by atoms with Crippen molar-refractivity contribution in [3.8, 4) is 10.4 Å². The third kappa shape index (κ3) is 3.46. The molecular formula is C17H16N4O2S. The van der Waals surface area contributed by atoms with Gasteiger partial charge in [-0.05, 0) is 42.0 Å². The van der Waals surface area contributed by atoms with E-state index < -0.39 is 0 Å². The maximum absolute atomic E-state index is 12.0. The molecule has 7 heteroatoms. The summed E-state index contributed by atoms with van der Waals surface area (Å²) >= 11 is 1.66. The molecule has 2 aromatic heterocycles. The molecule has 2 N–H and O–H groups in total. The molecule has 2 heterocycles. The van der Waals surface area contributed by atoms with Crippen LogP contribution < -0.4 is 10.6 Å². The van der Waals surface area contributed by atoms with Gasteiger partial charge in [-0.15, -0.1) is 11.3 Å². The van der Waals surface area contributed by atoms with E-state index in [0.29, 0.717) is 11.8 Å². The number of thiophene rings is 1. The van der Waals surface area contributed by atoms with Crippen LogP contribution in [0.4, 0.5) is 10.5 Å². The van der Waals surface area contributed by atoms with E-state index in [4.69, 9.17) is 4.52 Å². The summed E-state index contributed by atoms with van der Waals surface area (Å²) in [7, 11) is 0. The molecule has 1 aromatic carbocycles. The lowest BCUT2D eigenvalue weighted by Gasteiger charge is -2.07. The Labute approximate surface area is 142 Å². The number of nitrogens with one attached hydrogen (secondary N) is 2. The zero-order valence-corrected chi connectivity index (χ0v) is 13.7. The zero-order valence-electron chi connectivity index (χ0n) is 12.9. The number of benzene rings is 1. The second kappa shape index (κ2) is 6.45. The van der Waals surface area contributed by atoms with Crippen molar-refractivity contribution in [3.05, 3.63) is 53.5 Å². The van der Waals surface area contributed by atoms with Crippen LogP contribution in [0.2, 0.25) is 0 Å². The van der Waals surface area contributed by atoms with E-state index in [-0.39, 0.29) is 12.6 Å². The molecule has 122 valence electrons. The molecule has 24 heavy (non-hydrogen) atoms.